The number of hydrogen-bond acceptors (Lipinski definition) is 3. The van der Waals surface area contributed by atoms with Crippen LogP contribution in [0.15, 0.2) is 63.8 Å². The van der Waals surface area contributed by atoms with E-state index in [1.807, 2.05) is 24.3 Å². The van der Waals surface area contributed by atoms with Gasteiger partial charge in [0.1, 0.15) is 0 Å². The van der Waals surface area contributed by atoms with Crippen molar-refractivity contribution in [2.24, 2.45) is 0 Å². The van der Waals surface area contributed by atoms with E-state index in [1.165, 1.54) is 12.0 Å². The molecule has 0 saturated carbocycles. The molecule has 2 aromatic rings. The minimum absolute atomic E-state index is 0.207. The topological polar surface area (TPSA) is 46.6 Å². The van der Waals surface area contributed by atoms with Gasteiger partial charge in [0.15, 0.2) is 0 Å². The molecule has 0 unspecified atom stereocenters. The lowest BCUT2D eigenvalue weighted by Crippen LogP contribution is -2.24. The van der Waals surface area contributed by atoms with Gasteiger partial charge in [0.2, 0.25) is 0 Å². The van der Waals surface area contributed by atoms with Gasteiger partial charge in [-0.15, -0.1) is 0 Å². The average molecular weight is 467 g/mol. The predicted octanol–water partition coefficient (Wildman–Crippen LogP) is 5.63. The van der Waals surface area contributed by atoms with Gasteiger partial charge in [-0.1, -0.05) is 51.3 Å². The van der Waals surface area contributed by atoms with Gasteiger partial charge < -0.3 is 4.74 Å². The average Bonchev–Trinajstić information content (AvgIpc) is 2.83. The Hall–Kier alpha value is -2.08. The van der Waals surface area contributed by atoms with E-state index in [0.717, 1.165) is 10.0 Å². The van der Waals surface area contributed by atoms with E-state index in [9.17, 15) is 9.59 Å². The minimum atomic E-state index is -0.585. The number of hydrogen-bond donors (Lipinski definition) is 0. The predicted molar refractivity (Wildman–Crippen MR) is 111 cm³/mol. The maximum atomic E-state index is 13.2. The summed E-state index contributed by atoms with van der Waals surface area (Å²) in [4.78, 5) is 27.0. The number of carbonyl (C=O) groups is 2. The Balaban J connectivity index is 2.17. The zero-order valence-corrected chi connectivity index (χ0v) is 17.5. The van der Waals surface area contributed by atoms with E-state index < -0.39 is 5.97 Å². The lowest BCUT2D eigenvalue weighted by Gasteiger charge is -2.18. The quantitative estimate of drug-likeness (QED) is 0.434. The molecular weight excluding hydrogens is 453 g/mol. The first-order chi connectivity index (χ1) is 12.8. The van der Waals surface area contributed by atoms with Crippen molar-refractivity contribution in [3.8, 4) is 0 Å². The maximum absolute atomic E-state index is 13.2. The van der Waals surface area contributed by atoms with Crippen LogP contribution in [0, 0.1) is 0 Å². The van der Waals surface area contributed by atoms with E-state index in [4.69, 9.17) is 27.9 Å². The van der Waals surface area contributed by atoms with Crippen molar-refractivity contribution in [2.45, 2.75) is 6.92 Å². The Morgan fingerprint density at radius 1 is 1.15 bits per heavy atom. The van der Waals surface area contributed by atoms with Gasteiger partial charge in [0.05, 0.1) is 23.9 Å². The number of anilines is 1. The van der Waals surface area contributed by atoms with Crippen LogP contribution in [0.4, 0.5) is 5.69 Å². The monoisotopic (exact) mass is 465 g/mol. The van der Waals surface area contributed by atoms with Crippen molar-refractivity contribution in [1.29, 1.82) is 0 Å². The van der Waals surface area contributed by atoms with Crippen molar-refractivity contribution >= 4 is 62.8 Å². The summed E-state index contributed by atoms with van der Waals surface area (Å²) in [7, 11) is 1.28. The molecule has 3 rings (SSSR count). The molecule has 0 aromatic heterocycles. The fourth-order valence-corrected chi connectivity index (χ4v) is 3.85. The molecule has 0 N–H and O–H groups in total. The minimum Gasteiger partial charge on any atom is -0.465 e. The summed E-state index contributed by atoms with van der Waals surface area (Å²) < 4.78 is 5.76. The second-order valence-electron chi connectivity index (χ2n) is 5.83. The van der Waals surface area contributed by atoms with Crippen molar-refractivity contribution in [3.05, 3.63) is 79.4 Å². The standard InChI is InChI=1S/C20H14BrCl2NO3/c1-11-18(20(26)27-2)17(7-12-4-3-5-13(21)6-12)19(25)24(11)16-9-14(22)8-15(23)10-16/h3-10H,1-2H3/b17-7-. The molecule has 0 spiro atoms. The van der Waals surface area contributed by atoms with Gasteiger partial charge in [-0.3, -0.25) is 9.69 Å². The second-order valence-corrected chi connectivity index (χ2v) is 7.62. The molecule has 0 radical (unpaired) electrons. The Bertz CT molecular complexity index is 994. The van der Waals surface area contributed by atoms with Crippen LogP contribution in [0.5, 0.6) is 0 Å². The first-order valence-corrected chi connectivity index (χ1v) is 9.44. The van der Waals surface area contributed by atoms with E-state index in [0.29, 0.717) is 21.4 Å². The molecule has 27 heavy (non-hydrogen) atoms. The third-order valence-corrected chi connectivity index (χ3v) is 4.98. The van der Waals surface area contributed by atoms with Crippen molar-refractivity contribution in [3.63, 3.8) is 0 Å². The number of amides is 1. The number of rotatable bonds is 3. The van der Waals surface area contributed by atoms with Crippen molar-refractivity contribution < 1.29 is 14.3 Å². The lowest BCUT2D eigenvalue weighted by atomic mass is 10.0. The molecule has 0 bridgehead atoms. The molecule has 0 aliphatic carbocycles. The number of allylic oxidation sites excluding steroid dienone is 1. The highest BCUT2D eigenvalue weighted by molar-refractivity contribution is 9.10. The van der Waals surface area contributed by atoms with Gasteiger partial charge in [-0.05, 0) is 48.9 Å². The Morgan fingerprint density at radius 3 is 2.41 bits per heavy atom. The maximum Gasteiger partial charge on any atom is 0.340 e. The van der Waals surface area contributed by atoms with Crippen LogP contribution in [0.25, 0.3) is 6.08 Å². The van der Waals surface area contributed by atoms with Crippen LogP contribution in [-0.4, -0.2) is 19.0 Å². The zero-order chi connectivity index (χ0) is 19.7. The summed E-state index contributed by atoms with van der Waals surface area (Å²) in [5.41, 5.74) is 2.15. The van der Waals surface area contributed by atoms with Crippen LogP contribution in [-0.2, 0) is 14.3 Å². The third kappa shape index (κ3) is 3.95. The van der Waals surface area contributed by atoms with Crippen LogP contribution in [0.1, 0.15) is 12.5 Å². The number of ether oxygens (including phenoxy) is 1. The Morgan fingerprint density at radius 2 is 1.81 bits per heavy atom. The highest BCUT2D eigenvalue weighted by atomic mass is 79.9. The van der Waals surface area contributed by atoms with Gasteiger partial charge in [0.25, 0.3) is 5.91 Å². The fraction of sp³-hybridized carbons (Fsp3) is 0.100. The van der Waals surface area contributed by atoms with E-state index in [2.05, 4.69) is 15.9 Å². The van der Waals surface area contributed by atoms with Gasteiger partial charge in [0, 0.05) is 20.2 Å². The van der Waals surface area contributed by atoms with E-state index >= 15 is 0 Å². The molecule has 1 amide bonds. The molecule has 0 saturated heterocycles. The second kappa shape index (κ2) is 7.89. The van der Waals surface area contributed by atoms with Crippen LogP contribution in [0.3, 0.4) is 0 Å². The third-order valence-electron chi connectivity index (χ3n) is 4.05. The molecule has 1 aliphatic rings. The van der Waals surface area contributed by atoms with E-state index in [-0.39, 0.29) is 17.1 Å². The first-order valence-electron chi connectivity index (χ1n) is 7.89. The number of esters is 1. The fourth-order valence-electron chi connectivity index (χ4n) is 2.92. The largest absolute Gasteiger partial charge is 0.465 e. The Kier molecular flexibility index (Phi) is 5.75. The van der Waals surface area contributed by atoms with Crippen molar-refractivity contribution in [2.75, 3.05) is 12.0 Å². The SMILES string of the molecule is COC(=O)C1=C(C)N(c2cc(Cl)cc(Cl)c2)C(=O)/C1=C\c1cccc(Br)c1. The molecule has 1 heterocycles. The molecule has 0 atom stereocenters. The number of benzene rings is 2. The number of nitrogens with zero attached hydrogens (tertiary/aromatic N) is 1. The van der Waals surface area contributed by atoms with Gasteiger partial charge in [-0.2, -0.15) is 0 Å². The molecule has 1 aliphatic heterocycles. The van der Waals surface area contributed by atoms with Crippen molar-refractivity contribution in [1.82, 2.24) is 0 Å². The number of halogens is 3. The first kappa shape index (κ1) is 19.7. The molecule has 138 valence electrons. The van der Waals surface area contributed by atoms with Crippen LogP contribution >= 0.6 is 39.1 Å². The van der Waals surface area contributed by atoms with Crippen LogP contribution in [0.2, 0.25) is 10.0 Å². The molecular formula is C20H14BrCl2NO3. The summed E-state index contributed by atoms with van der Waals surface area (Å²) in [6.45, 7) is 1.68. The summed E-state index contributed by atoms with van der Waals surface area (Å²) in [6, 6.07) is 12.2. The lowest BCUT2D eigenvalue weighted by molar-refractivity contribution is -0.136. The van der Waals surface area contributed by atoms with Gasteiger partial charge >= 0.3 is 5.97 Å². The van der Waals surface area contributed by atoms with Gasteiger partial charge in [-0.25, -0.2) is 4.79 Å². The summed E-state index contributed by atoms with van der Waals surface area (Å²) in [6.07, 6.45) is 1.66. The number of methoxy groups -OCH3 is 1. The zero-order valence-electron chi connectivity index (χ0n) is 14.4. The summed E-state index contributed by atoms with van der Waals surface area (Å²) in [5, 5.41) is 0.782. The number of carbonyl (C=O) groups excluding carboxylic acids is 2. The summed E-state index contributed by atoms with van der Waals surface area (Å²) >= 11 is 15.6. The molecule has 0 fully saturated rings. The summed E-state index contributed by atoms with van der Waals surface area (Å²) in [5.74, 6) is -0.941. The molecule has 2 aromatic carbocycles. The highest BCUT2D eigenvalue weighted by Crippen LogP contribution is 2.37. The highest BCUT2D eigenvalue weighted by Gasteiger charge is 2.38. The smallest absolute Gasteiger partial charge is 0.340 e. The van der Waals surface area contributed by atoms with Crippen LogP contribution < -0.4 is 4.90 Å². The Labute approximate surface area is 175 Å². The molecule has 4 nitrogen and oxygen atoms in total. The molecule has 7 heteroatoms. The van der Waals surface area contributed by atoms with E-state index in [1.54, 1.807) is 31.2 Å². The normalized spacial score (nSPS) is 15.7.